The third-order valence-electron chi connectivity index (χ3n) is 5.29. The van der Waals surface area contributed by atoms with Gasteiger partial charge in [-0.15, -0.1) is 0 Å². The molecule has 0 unspecified atom stereocenters. The summed E-state index contributed by atoms with van der Waals surface area (Å²) in [4.78, 5) is 12.4. The van der Waals surface area contributed by atoms with E-state index < -0.39 is 0 Å². The van der Waals surface area contributed by atoms with E-state index in [1.807, 2.05) is 31.1 Å². The molecule has 5 rings (SSSR count). The summed E-state index contributed by atoms with van der Waals surface area (Å²) in [5.41, 5.74) is 6.71. The van der Waals surface area contributed by atoms with Gasteiger partial charge in [-0.05, 0) is 30.3 Å². The van der Waals surface area contributed by atoms with Crippen LogP contribution in [0.2, 0.25) is 0 Å². The number of nitrogens with one attached hydrogen (secondary N) is 1. The van der Waals surface area contributed by atoms with E-state index in [0.29, 0.717) is 6.01 Å². The molecule has 6 heteroatoms. The summed E-state index contributed by atoms with van der Waals surface area (Å²) >= 11 is 0. The Labute approximate surface area is 157 Å². The zero-order valence-electron chi connectivity index (χ0n) is 15.7. The van der Waals surface area contributed by atoms with E-state index >= 15 is 0 Å². The van der Waals surface area contributed by atoms with E-state index in [1.54, 1.807) is 7.11 Å². The summed E-state index contributed by atoms with van der Waals surface area (Å²) in [7, 11) is 5.58. The molecule has 0 fully saturated rings. The number of aromatic amines is 1. The second-order valence-electron chi connectivity index (χ2n) is 7.21. The molecule has 0 aliphatic carbocycles. The second kappa shape index (κ2) is 5.94. The maximum Gasteiger partial charge on any atom is 0.297 e. The number of nitrogens with zero attached hydrogens (tertiary/aromatic N) is 3. The van der Waals surface area contributed by atoms with Crippen LogP contribution in [0.3, 0.4) is 0 Å². The van der Waals surface area contributed by atoms with Crippen LogP contribution in [0.25, 0.3) is 22.0 Å². The van der Waals surface area contributed by atoms with Gasteiger partial charge in [0.2, 0.25) is 0 Å². The Kier molecular flexibility index (Phi) is 3.53. The van der Waals surface area contributed by atoms with Crippen molar-refractivity contribution in [2.45, 2.75) is 13.0 Å². The zero-order chi connectivity index (χ0) is 18.5. The van der Waals surface area contributed by atoms with Crippen LogP contribution in [0, 0.1) is 0 Å². The van der Waals surface area contributed by atoms with Crippen LogP contribution in [-0.2, 0) is 13.0 Å². The summed E-state index contributed by atoms with van der Waals surface area (Å²) in [5, 5.41) is 1.24. The van der Waals surface area contributed by atoms with Gasteiger partial charge in [0.05, 0.1) is 7.11 Å². The molecular weight excluding hydrogens is 340 g/mol. The maximum absolute atomic E-state index is 5.88. The lowest BCUT2D eigenvalue weighted by atomic mass is 10.0. The minimum atomic E-state index is 0.631. The highest BCUT2D eigenvalue weighted by Gasteiger charge is 2.22. The number of hydrogen-bond acceptors (Lipinski definition) is 5. The highest BCUT2D eigenvalue weighted by Crippen LogP contribution is 2.33. The first-order valence-corrected chi connectivity index (χ1v) is 9.13. The average Bonchev–Trinajstić information content (AvgIpc) is 3.27. The molecule has 0 amide bonds. The number of benzene rings is 2. The zero-order valence-corrected chi connectivity index (χ0v) is 15.7. The average molecular weight is 362 g/mol. The maximum atomic E-state index is 5.88. The Hall–Kier alpha value is -3.15. The molecule has 0 bridgehead atoms. The lowest BCUT2D eigenvalue weighted by molar-refractivity contribution is 0.415. The quantitative estimate of drug-likeness (QED) is 0.598. The van der Waals surface area contributed by atoms with Crippen molar-refractivity contribution >= 4 is 33.7 Å². The normalized spacial score (nSPS) is 14.0. The predicted molar refractivity (Wildman–Crippen MR) is 108 cm³/mol. The smallest absolute Gasteiger partial charge is 0.297 e. The van der Waals surface area contributed by atoms with Gasteiger partial charge >= 0.3 is 0 Å². The third kappa shape index (κ3) is 2.60. The summed E-state index contributed by atoms with van der Waals surface area (Å²) in [6, 6.07) is 13.1. The molecule has 0 saturated carbocycles. The van der Waals surface area contributed by atoms with Crippen molar-refractivity contribution in [1.29, 1.82) is 0 Å². The first-order valence-electron chi connectivity index (χ1n) is 9.13. The summed E-state index contributed by atoms with van der Waals surface area (Å²) in [6.45, 7) is 1.83. The van der Waals surface area contributed by atoms with Gasteiger partial charge in [-0.3, -0.25) is 0 Å². The van der Waals surface area contributed by atoms with E-state index in [9.17, 15) is 0 Å². The molecule has 3 heterocycles. The molecule has 6 nitrogen and oxygen atoms in total. The van der Waals surface area contributed by atoms with Gasteiger partial charge in [-0.2, -0.15) is 4.98 Å². The monoisotopic (exact) mass is 362 g/mol. The molecular formula is C21H22N4O2. The van der Waals surface area contributed by atoms with Crippen LogP contribution in [0.1, 0.15) is 11.3 Å². The highest BCUT2D eigenvalue weighted by atomic mass is 16.5. The predicted octanol–water partition coefficient (Wildman–Crippen LogP) is 3.95. The lowest BCUT2D eigenvalue weighted by Crippen LogP contribution is -2.29. The van der Waals surface area contributed by atoms with Crippen molar-refractivity contribution in [2.75, 3.05) is 37.5 Å². The van der Waals surface area contributed by atoms with Gasteiger partial charge < -0.3 is 23.9 Å². The van der Waals surface area contributed by atoms with Crippen LogP contribution in [0.15, 0.2) is 40.8 Å². The SMILES string of the molecule is COc1ccc2[nH]c3c(c2c1)CN(c1ccc2nc(N(C)C)oc2c1)CC3. The summed E-state index contributed by atoms with van der Waals surface area (Å²) in [6.07, 6.45) is 0.990. The molecule has 0 saturated heterocycles. The van der Waals surface area contributed by atoms with Crippen molar-refractivity contribution in [3.8, 4) is 5.75 Å². The number of anilines is 2. The number of methoxy groups -OCH3 is 1. The summed E-state index contributed by atoms with van der Waals surface area (Å²) < 4.78 is 11.3. The fourth-order valence-corrected chi connectivity index (χ4v) is 3.83. The first kappa shape index (κ1) is 16.1. The van der Waals surface area contributed by atoms with Gasteiger partial charge in [0.15, 0.2) is 5.58 Å². The first-order chi connectivity index (χ1) is 13.1. The molecule has 1 aliphatic heterocycles. The van der Waals surface area contributed by atoms with Gasteiger partial charge in [-0.25, -0.2) is 0 Å². The number of H-pyrrole nitrogens is 1. The molecule has 4 aromatic rings. The molecule has 2 aromatic heterocycles. The van der Waals surface area contributed by atoms with Gasteiger partial charge in [-0.1, -0.05) is 0 Å². The Balaban J connectivity index is 1.52. The van der Waals surface area contributed by atoms with Crippen molar-refractivity contribution in [3.63, 3.8) is 0 Å². The van der Waals surface area contributed by atoms with Crippen LogP contribution in [0.4, 0.5) is 11.7 Å². The van der Waals surface area contributed by atoms with Gasteiger partial charge in [0, 0.05) is 67.5 Å². The topological polar surface area (TPSA) is 57.5 Å². The molecule has 27 heavy (non-hydrogen) atoms. The molecule has 1 N–H and O–H groups in total. The minimum absolute atomic E-state index is 0.631. The van der Waals surface area contributed by atoms with Crippen LogP contribution >= 0.6 is 0 Å². The van der Waals surface area contributed by atoms with Crippen molar-refractivity contribution in [3.05, 3.63) is 47.7 Å². The van der Waals surface area contributed by atoms with Gasteiger partial charge in [0.1, 0.15) is 11.3 Å². The van der Waals surface area contributed by atoms with E-state index in [0.717, 1.165) is 42.0 Å². The van der Waals surface area contributed by atoms with E-state index in [-0.39, 0.29) is 0 Å². The fraction of sp³-hybridized carbons (Fsp3) is 0.286. The minimum Gasteiger partial charge on any atom is -0.497 e. The number of rotatable bonds is 3. The number of ether oxygens (including phenoxy) is 1. The van der Waals surface area contributed by atoms with Crippen LogP contribution in [0.5, 0.6) is 5.75 Å². The van der Waals surface area contributed by atoms with Crippen LogP contribution < -0.4 is 14.5 Å². The summed E-state index contributed by atoms with van der Waals surface area (Å²) in [5.74, 6) is 0.890. The molecule has 0 spiro atoms. The van der Waals surface area contributed by atoms with Crippen LogP contribution in [-0.4, -0.2) is 37.7 Å². The molecule has 1 aliphatic rings. The van der Waals surface area contributed by atoms with E-state index in [1.165, 1.54) is 22.2 Å². The largest absolute Gasteiger partial charge is 0.497 e. The van der Waals surface area contributed by atoms with Crippen molar-refractivity contribution in [1.82, 2.24) is 9.97 Å². The third-order valence-corrected chi connectivity index (χ3v) is 5.29. The number of oxazole rings is 1. The van der Waals surface area contributed by atoms with E-state index in [2.05, 4.69) is 39.1 Å². The number of aromatic nitrogens is 2. The molecule has 0 atom stereocenters. The Morgan fingerprint density at radius 2 is 2.07 bits per heavy atom. The molecule has 0 radical (unpaired) electrons. The number of hydrogen-bond donors (Lipinski definition) is 1. The van der Waals surface area contributed by atoms with Crippen molar-refractivity contribution in [2.24, 2.45) is 0 Å². The van der Waals surface area contributed by atoms with Crippen molar-refractivity contribution < 1.29 is 9.15 Å². The molecule has 2 aromatic carbocycles. The fourth-order valence-electron chi connectivity index (χ4n) is 3.83. The van der Waals surface area contributed by atoms with Gasteiger partial charge in [0.25, 0.3) is 6.01 Å². The Bertz CT molecular complexity index is 1140. The Morgan fingerprint density at radius 1 is 1.19 bits per heavy atom. The highest BCUT2D eigenvalue weighted by molar-refractivity contribution is 5.87. The van der Waals surface area contributed by atoms with E-state index in [4.69, 9.17) is 9.15 Å². The standard InChI is InChI=1S/C21H22N4O2/c1-24(2)21-23-19-6-4-13(10-20(19)27-21)25-9-8-18-16(12-25)15-11-14(26-3)5-7-17(15)22-18/h4-7,10-11,22H,8-9,12H2,1-3H3. The lowest BCUT2D eigenvalue weighted by Gasteiger charge is -2.29. The number of fused-ring (bicyclic) bond motifs is 4. The second-order valence-corrected chi connectivity index (χ2v) is 7.21. The molecule has 138 valence electrons. The Morgan fingerprint density at radius 3 is 2.89 bits per heavy atom.